The maximum atomic E-state index is 6.69. The second-order valence-electron chi connectivity index (χ2n) is 13.9. The van der Waals surface area contributed by atoms with Crippen molar-refractivity contribution in [3.63, 3.8) is 0 Å². The normalized spacial score (nSPS) is 15.2. The van der Waals surface area contributed by atoms with Crippen molar-refractivity contribution in [2.75, 3.05) is 0 Å². The molecule has 172 valence electrons. The Morgan fingerprint density at radius 2 is 1.03 bits per heavy atom. The monoisotopic (exact) mass is 481 g/mol. The zero-order valence-corrected chi connectivity index (χ0v) is 26.1. The van der Waals surface area contributed by atoms with Crippen molar-refractivity contribution in [1.82, 2.24) is 0 Å². The van der Waals surface area contributed by atoms with Crippen LogP contribution >= 0.6 is 19.1 Å². The Morgan fingerprint density at radius 1 is 0.700 bits per heavy atom. The molecule has 0 aromatic heterocycles. The Morgan fingerprint density at radius 3 is 1.23 bits per heavy atom. The van der Waals surface area contributed by atoms with Gasteiger partial charge in [0.15, 0.2) is 0 Å². The van der Waals surface area contributed by atoms with Crippen molar-refractivity contribution in [3.05, 3.63) is 33.7 Å². The quantitative estimate of drug-likeness (QED) is 0.229. The molecule has 0 saturated heterocycles. The molecule has 0 aliphatic rings. The molecule has 0 spiro atoms. The third-order valence-corrected chi connectivity index (χ3v) is 20.3. The standard InChI is InChI=1S/C26H47ClPSi2/c1-24(2,3)19-16-20(25(4,5)6)22(21(17-19)26(7,8)9)28(18-27)23(29(10,11)12)30(13,14)15/h16-17H,1-15H3/q-1. The van der Waals surface area contributed by atoms with Crippen molar-refractivity contribution >= 4 is 45.9 Å². The number of hydrogen-bond acceptors (Lipinski definition) is 0. The van der Waals surface area contributed by atoms with Crippen LogP contribution in [-0.2, 0) is 16.2 Å². The van der Waals surface area contributed by atoms with Crippen molar-refractivity contribution in [1.29, 1.82) is 0 Å². The maximum absolute atomic E-state index is 6.69. The van der Waals surface area contributed by atoms with E-state index in [0.717, 1.165) is 0 Å². The van der Waals surface area contributed by atoms with Gasteiger partial charge in [0.2, 0.25) is 0 Å². The van der Waals surface area contributed by atoms with Crippen LogP contribution in [0.5, 0.6) is 0 Å². The first kappa shape index (κ1) is 28.1. The lowest BCUT2D eigenvalue weighted by atomic mass is 9.75. The molecule has 0 nitrogen and oxygen atoms in total. The van der Waals surface area contributed by atoms with Gasteiger partial charge in [0, 0.05) is 11.1 Å². The van der Waals surface area contributed by atoms with E-state index in [0.29, 0.717) is 0 Å². The van der Waals surface area contributed by atoms with E-state index in [1.807, 2.05) is 0 Å². The largest absolute Gasteiger partial charge is 0.305 e. The molecule has 0 aliphatic heterocycles. The molecule has 0 saturated carbocycles. The lowest BCUT2D eigenvalue weighted by molar-refractivity contribution is 0.553. The average Bonchev–Trinajstić information content (AvgIpc) is 2.45. The van der Waals surface area contributed by atoms with Gasteiger partial charge >= 0.3 is 0 Å². The maximum Gasteiger partial charge on any atom is 0.0906 e. The first-order valence-corrected chi connectivity index (χ1v) is 20.0. The predicted octanol–water partition coefficient (Wildman–Crippen LogP) is 8.85. The summed E-state index contributed by atoms with van der Waals surface area (Å²) in [5.74, 6) is 0. The molecule has 0 aliphatic carbocycles. The molecule has 0 radical (unpaired) electrons. The Kier molecular flexibility index (Phi) is 8.26. The summed E-state index contributed by atoms with van der Waals surface area (Å²) in [6, 6.07) is 4.97. The zero-order chi connectivity index (χ0) is 24.1. The fourth-order valence-corrected chi connectivity index (χ4v) is 22.4. The van der Waals surface area contributed by atoms with Crippen LogP contribution in [0.3, 0.4) is 0 Å². The van der Waals surface area contributed by atoms with Gasteiger partial charge in [0.05, 0.1) is 5.30 Å². The first-order chi connectivity index (χ1) is 13.0. The molecule has 30 heavy (non-hydrogen) atoms. The zero-order valence-electron chi connectivity index (χ0n) is 22.5. The third-order valence-electron chi connectivity index (χ3n) is 5.54. The van der Waals surface area contributed by atoms with Crippen LogP contribution in [-0.4, -0.2) is 21.4 Å². The van der Waals surface area contributed by atoms with E-state index in [1.54, 1.807) is 4.91 Å². The van der Waals surface area contributed by atoms with E-state index in [-0.39, 0.29) is 16.2 Å². The molecule has 1 rings (SSSR count). The Hall–Kier alpha value is 0.114. The second-order valence-corrected chi connectivity index (χ2v) is 27.5. The Balaban J connectivity index is 4.22. The molecular weight excluding hydrogens is 435 g/mol. The highest BCUT2D eigenvalue weighted by Crippen LogP contribution is 2.51. The van der Waals surface area contributed by atoms with Crippen LogP contribution in [0.15, 0.2) is 12.1 Å². The third kappa shape index (κ3) is 6.56. The molecule has 1 aromatic carbocycles. The van der Waals surface area contributed by atoms with E-state index in [9.17, 15) is 0 Å². The van der Waals surface area contributed by atoms with Crippen LogP contribution in [0.2, 0.25) is 39.3 Å². The first-order valence-electron chi connectivity index (χ1n) is 11.3. The van der Waals surface area contributed by atoms with Crippen LogP contribution in [0.1, 0.15) is 79.0 Å². The van der Waals surface area contributed by atoms with Crippen LogP contribution in [0.25, 0.3) is 0 Å². The lowest BCUT2D eigenvalue weighted by Crippen LogP contribution is -2.47. The van der Waals surface area contributed by atoms with Crippen molar-refractivity contribution < 1.29 is 0 Å². The Bertz CT molecular complexity index is 740. The van der Waals surface area contributed by atoms with Gasteiger partial charge in [0.25, 0.3) is 0 Å². The Labute approximate surface area is 197 Å². The van der Waals surface area contributed by atoms with Crippen LogP contribution in [0, 0.1) is 4.91 Å². The number of hydrogen-bond donors (Lipinski definition) is 0. The van der Waals surface area contributed by atoms with Gasteiger partial charge in [-0.15, -0.1) is 4.91 Å². The highest BCUT2D eigenvalue weighted by Gasteiger charge is 2.37. The summed E-state index contributed by atoms with van der Waals surface area (Å²) in [5.41, 5.74) is 4.57. The molecule has 1 aromatic rings. The van der Waals surface area contributed by atoms with Crippen LogP contribution < -0.4 is 5.30 Å². The van der Waals surface area contributed by atoms with Crippen molar-refractivity contribution in [2.24, 2.45) is 0 Å². The molecular formula is C26H47ClPSi2-. The lowest BCUT2D eigenvalue weighted by Gasteiger charge is -2.50. The van der Waals surface area contributed by atoms with Crippen molar-refractivity contribution in [2.45, 2.75) is 118 Å². The van der Waals surface area contributed by atoms with Crippen molar-refractivity contribution in [3.8, 4) is 0 Å². The predicted molar refractivity (Wildman–Crippen MR) is 150 cm³/mol. The molecule has 1 unspecified atom stereocenters. The van der Waals surface area contributed by atoms with Crippen LogP contribution in [0.4, 0.5) is 0 Å². The summed E-state index contributed by atoms with van der Waals surface area (Å²) in [7, 11) is -3.84. The summed E-state index contributed by atoms with van der Waals surface area (Å²) < 4.78 is 0. The molecule has 0 heterocycles. The SMILES string of the molecule is CC(C)(C)c1cc(C(C)(C)C)c([P+](=[C-]Cl)[C-]([Si](C)(C)C)[Si](C)(C)C)c(C(C)(C)C)c1. The van der Waals surface area contributed by atoms with E-state index < -0.39 is 23.7 Å². The highest BCUT2D eigenvalue weighted by atomic mass is 35.5. The summed E-state index contributed by atoms with van der Waals surface area (Å²) in [5, 5.41) is 4.88. The fourth-order valence-electron chi connectivity index (χ4n) is 4.44. The number of halogens is 1. The molecule has 4 heteroatoms. The van der Waals surface area contributed by atoms with Gasteiger partial charge in [0.1, 0.15) is 0 Å². The fraction of sp³-hybridized carbons (Fsp3) is 0.692. The van der Waals surface area contributed by atoms with Gasteiger partial charge in [-0.25, -0.2) is 7.55 Å². The molecule has 0 fully saturated rings. The minimum absolute atomic E-state index is 0.0505. The van der Waals surface area contributed by atoms with Gasteiger partial charge in [-0.1, -0.05) is 130 Å². The second kappa shape index (κ2) is 8.81. The van der Waals surface area contributed by atoms with Gasteiger partial charge in [-0.2, -0.15) is 5.26 Å². The summed E-state index contributed by atoms with van der Waals surface area (Å²) >= 11 is 6.69. The number of benzene rings is 1. The summed E-state index contributed by atoms with van der Waals surface area (Å²) in [6.45, 7) is 36.1. The van der Waals surface area contributed by atoms with E-state index in [4.69, 9.17) is 11.6 Å². The van der Waals surface area contributed by atoms with E-state index in [1.165, 1.54) is 22.0 Å². The molecule has 0 bridgehead atoms. The average molecular weight is 482 g/mol. The minimum Gasteiger partial charge on any atom is -0.305 e. The molecule has 0 N–H and O–H groups in total. The smallest absolute Gasteiger partial charge is 0.0906 e. The van der Waals surface area contributed by atoms with E-state index in [2.05, 4.69) is 119 Å². The molecule has 0 amide bonds. The summed E-state index contributed by atoms with van der Waals surface area (Å²) in [6.07, 6.45) is 0. The summed E-state index contributed by atoms with van der Waals surface area (Å²) in [4.78, 5) is 1.78. The number of rotatable bonds is 4. The highest BCUT2D eigenvalue weighted by molar-refractivity contribution is 7.77. The topological polar surface area (TPSA) is 0 Å². The van der Waals surface area contributed by atoms with E-state index >= 15 is 0 Å². The minimum atomic E-state index is -1.54. The van der Waals surface area contributed by atoms with Gasteiger partial charge < -0.3 is 11.6 Å². The van der Waals surface area contributed by atoms with Gasteiger partial charge in [-0.05, 0) is 21.8 Å². The van der Waals surface area contributed by atoms with Gasteiger partial charge in [-0.3, -0.25) is 0 Å². The molecule has 1 atom stereocenters.